The fourth-order valence-corrected chi connectivity index (χ4v) is 3.07. The minimum absolute atomic E-state index is 0.110. The molecule has 0 atom stereocenters. The lowest BCUT2D eigenvalue weighted by atomic mass is 10.1. The zero-order valence-electron chi connectivity index (χ0n) is 12.8. The van der Waals surface area contributed by atoms with Crippen molar-refractivity contribution in [2.24, 2.45) is 0 Å². The van der Waals surface area contributed by atoms with Crippen LogP contribution in [0.3, 0.4) is 0 Å². The van der Waals surface area contributed by atoms with Gasteiger partial charge in [-0.15, -0.1) is 0 Å². The number of carbonyl (C=O) groups is 1. The van der Waals surface area contributed by atoms with E-state index in [0.29, 0.717) is 5.56 Å². The quantitative estimate of drug-likeness (QED) is 0.889. The Morgan fingerprint density at radius 1 is 1.13 bits per heavy atom. The van der Waals surface area contributed by atoms with Gasteiger partial charge in [-0.1, -0.05) is 24.3 Å². The van der Waals surface area contributed by atoms with E-state index < -0.39 is 0 Å². The van der Waals surface area contributed by atoms with Gasteiger partial charge in [-0.25, -0.2) is 0 Å². The summed E-state index contributed by atoms with van der Waals surface area (Å²) in [6.07, 6.45) is 0. The molecule has 2 aromatic rings. The van der Waals surface area contributed by atoms with Crippen molar-refractivity contribution in [3.8, 4) is 0 Å². The van der Waals surface area contributed by atoms with Gasteiger partial charge in [0.25, 0.3) is 5.91 Å². The number of rotatable bonds is 4. The second kappa shape index (κ2) is 7.73. The van der Waals surface area contributed by atoms with Crippen LogP contribution in [-0.4, -0.2) is 37.1 Å². The van der Waals surface area contributed by atoms with Crippen LogP contribution in [0.15, 0.2) is 53.0 Å². The van der Waals surface area contributed by atoms with Crippen molar-refractivity contribution in [2.45, 2.75) is 6.54 Å². The monoisotopic (exact) mass is 374 g/mol. The molecule has 0 aliphatic carbocycles. The van der Waals surface area contributed by atoms with Crippen LogP contribution in [0, 0.1) is 0 Å². The molecule has 1 aliphatic heterocycles. The maximum absolute atomic E-state index is 12.4. The van der Waals surface area contributed by atoms with Crippen LogP contribution in [0.25, 0.3) is 0 Å². The number of morpholine rings is 1. The Bertz CT molecular complexity index is 684. The molecular formula is C18H19BrN2O2. The predicted molar refractivity (Wildman–Crippen MR) is 94.6 cm³/mol. The van der Waals surface area contributed by atoms with Gasteiger partial charge in [-0.3, -0.25) is 9.69 Å². The van der Waals surface area contributed by atoms with Crippen molar-refractivity contribution in [2.75, 3.05) is 31.6 Å². The molecule has 0 spiro atoms. The van der Waals surface area contributed by atoms with Crippen LogP contribution >= 0.6 is 15.9 Å². The van der Waals surface area contributed by atoms with Crippen molar-refractivity contribution >= 4 is 27.5 Å². The van der Waals surface area contributed by atoms with Crippen molar-refractivity contribution < 1.29 is 9.53 Å². The number of carbonyl (C=O) groups excluding carboxylic acids is 1. The average Bonchev–Trinajstić information content (AvgIpc) is 2.56. The van der Waals surface area contributed by atoms with Crippen LogP contribution in [-0.2, 0) is 11.3 Å². The average molecular weight is 375 g/mol. The largest absolute Gasteiger partial charge is 0.379 e. The number of nitrogens with one attached hydrogen (secondary N) is 1. The number of halogens is 1. The number of nitrogens with zero attached hydrogens (tertiary/aromatic N) is 1. The summed E-state index contributed by atoms with van der Waals surface area (Å²) >= 11 is 3.41. The zero-order valence-corrected chi connectivity index (χ0v) is 14.4. The molecule has 1 aliphatic rings. The maximum atomic E-state index is 12.4. The lowest BCUT2D eigenvalue weighted by molar-refractivity contribution is 0.0342. The number of ether oxygens (including phenoxy) is 1. The molecular weight excluding hydrogens is 356 g/mol. The highest BCUT2D eigenvalue weighted by Crippen LogP contribution is 2.19. The Labute approximate surface area is 144 Å². The van der Waals surface area contributed by atoms with Crippen LogP contribution in [0.1, 0.15) is 15.9 Å². The summed E-state index contributed by atoms with van der Waals surface area (Å²) in [5, 5.41) is 2.96. The van der Waals surface area contributed by atoms with Gasteiger partial charge in [-0.2, -0.15) is 0 Å². The number of hydrogen-bond donors (Lipinski definition) is 1. The topological polar surface area (TPSA) is 41.6 Å². The molecule has 0 saturated carbocycles. The molecule has 2 aromatic carbocycles. The summed E-state index contributed by atoms with van der Waals surface area (Å²) in [5.41, 5.74) is 2.64. The fourth-order valence-electron chi connectivity index (χ4n) is 2.61. The molecule has 0 radical (unpaired) electrons. The second-order valence-corrected chi connectivity index (χ2v) is 6.38. The lowest BCUT2D eigenvalue weighted by Gasteiger charge is -2.26. The summed E-state index contributed by atoms with van der Waals surface area (Å²) in [5.74, 6) is -0.110. The van der Waals surface area contributed by atoms with Gasteiger partial charge < -0.3 is 10.1 Å². The van der Waals surface area contributed by atoms with Gasteiger partial charge >= 0.3 is 0 Å². The zero-order chi connectivity index (χ0) is 16.1. The van der Waals surface area contributed by atoms with Crippen molar-refractivity contribution in [3.63, 3.8) is 0 Å². The Morgan fingerprint density at radius 2 is 1.91 bits per heavy atom. The Kier molecular flexibility index (Phi) is 5.43. The van der Waals surface area contributed by atoms with Crippen molar-refractivity contribution in [1.82, 2.24) is 4.90 Å². The predicted octanol–water partition coefficient (Wildman–Crippen LogP) is 3.53. The number of anilines is 1. The van der Waals surface area contributed by atoms with E-state index >= 15 is 0 Å². The lowest BCUT2D eigenvalue weighted by Crippen LogP contribution is -2.35. The van der Waals surface area contributed by atoms with E-state index in [9.17, 15) is 4.79 Å². The van der Waals surface area contributed by atoms with E-state index in [1.54, 1.807) is 6.07 Å². The third-order valence-corrected chi connectivity index (χ3v) is 4.50. The number of hydrogen-bond acceptors (Lipinski definition) is 3. The van der Waals surface area contributed by atoms with Crippen molar-refractivity contribution in [3.05, 3.63) is 64.1 Å². The molecule has 1 N–H and O–H groups in total. The van der Waals surface area contributed by atoms with Crippen LogP contribution in [0.4, 0.5) is 5.69 Å². The molecule has 0 bridgehead atoms. The summed E-state index contributed by atoms with van der Waals surface area (Å²) in [6, 6.07) is 15.4. The van der Waals surface area contributed by atoms with Crippen molar-refractivity contribution in [1.29, 1.82) is 0 Å². The first-order chi connectivity index (χ1) is 11.2. The SMILES string of the molecule is O=C(Nc1cccc(CN2CCOCC2)c1)c1ccccc1Br. The van der Waals surface area contributed by atoms with Gasteiger partial charge in [0.05, 0.1) is 18.8 Å². The molecule has 23 heavy (non-hydrogen) atoms. The van der Waals surface area contributed by atoms with Gasteiger partial charge in [0.2, 0.25) is 0 Å². The highest BCUT2D eigenvalue weighted by molar-refractivity contribution is 9.10. The summed E-state index contributed by atoms with van der Waals surface area (Å²) in [4.78, 5) is 14.7. The minimum Gasteiger partial charge on any atom is -0.379 e. The van der Waals surface area contributed by atoms with Gasteiger partial charge in [0.1, 0.15) is 0 Å². The molecule has 4 nitrogen and oxygen atoms in total. The van der Waals surface area contributed by atoms with Crippen LogP contribution in [0.2, 0.25) is 0 Å². The molecule has 3 rings (SSSR count). The fraction of sp³-hybridized carbons (Fsp3) is 0.278. The molecule has 1 amide bonds. The first kappa shape index (κ1) is 16.2. The van der Waals surface area contributed by atoms with E-state index in [2.05, 4.69) is 32.2 Å². The molecule has 0 unspecified atom stereocenters. The van der Waals surface area contributed by atoms with Gasteiger partial charge in [-0.05, 0) is 45.8 Å². The van der Waals surface area contributed by atoms with E-state index in [1.165, 1.54) is 5.56 Å². The van der Waals surface area contributed by atoms with E-state index in [1.807, 2.05) is 36.4 Å². The molecule has 1 saturated heterocycles. The second-order valence-electron chi connectivity index (χ2n) is 5.52. The molecule has 1 heterocycles. The van der Waals surface area contributed by atoms with E-state index in [4.69, 9.17) is 4.74 Å². The third-order valence-electron chi connectivity index (χ3n) is 3.81. The number of amides is 1. The molecule has 5 heteroatoms. The first-order valence-electron chi connectivity index (χ1n) is 7.67. The Morgan fingerprint density at radius 3 is 2.70 bits per heavy atom. The third kappa shape index (κ3) is 4.41. The highest BCUT2D eigenvalue weighted by Gasteiger charge is 2.12. The maximum Gasteiger partial charge on any atom is 0.256 e. The normalized spacial score (nSPS) is 15.3. The van der Waals surface area contributed by atoms with Crippen LogP contribution in [0.5, 0.6) is 0 Å². The molecule has 0 aromatic heterocycles. The Hall–Kier alpha value is -1.69. The summed E-state index contributed by atoms with van der Waals surface area (Å²) in [6.45, 7) is 4.36. The Balaban J connectivity index is 1.67. The standard InChI is InChI=1S/C18H19BrN2O2/c19-17-7-2-1-6-16(17)18(22)20-15-5-3-4-14(12-15)13-21-8-10-23-11-9-21/h1-7,12H,8-11,13H2,(H,20,22). The molecule has 120 valence electrons. The van der Waals surface area contributed by atoms with Gasteiger partial charge in [0.15, 0.2) is 0 Å². The highest BCUT2D eigenvalue weighted by atomic mass is 79.9. The first-order valence-corrected chi connectivity index (χ1v) is 8.46. The van der Waals surface area contributed by atoms with Gasteiger partial charge in [0, 0.05) is 29.8 Å². The summed E-state index contributed by atoms with van der Waals surface area (Å²) in [7, 11) is 0. The molecule has 1 fully saturated rings. The van der Waals surface area contributed by atoms with E-state index in [0.717, 1.165) is 43.0 Å². The smallest absolute Gasteiger partial charge is 0.256 e. The van der Waals surface area contributed by atoms with E-state index in [-0.39, 0.29) is 5.91 Å². The van der Waals surface area contributed by atoms with Crippen LogP contribution < -0.4 is 5.32 Å². The summed E-state index contributed by atoms with van der Waals surface area (Å²) < 4.78 is 6.16. The minimum atomic E-state index is -0.110. The number of benzene rings is 2.